The summed E-state index contributed by atoms with van der Waals surface area (Å²) in [5, 5.41) is 6.96. The van der Waals surface area contributed by atoms with Crippen LogP contribution in [0.4, 0.5) is 0 Å². The van der Waals surface area contributed by atoms with E-state index in [0.717, 1.165) is 6.42 Å². The van der Waals surface area contributed by atoms with E-state index < -0.39 is 0 Å². The Morgan fingerprint density at radius 3 is 2.12 bits per heavy atom. The Bertz CT molecular complexity index is 1030. The molecule has 3 heterocycles. The Morgan fingerprint density at radius 1 is 0.750 bits per heavy atom. The van der Waals surface area contributed by atoms with Crippen LogP contribution in [0.25, 0.3) is 29.6 Å². The minimum absolute atomic E-state index is 0.716. The average molecular weight is 362 g/mol. The summed E-state index contributed by atoms with van der Waals surface area (Å²) in [6.45, 7) is 0. The normalized spacial score (nSPS) is 11.0. The molecule has 116 valence electrons. The van der Waals surface area contributed by atoms with Gasteiger partial charge in [0.15, 0.2) is 0 Å². The van der Waals surface area contributed by atoms with Crippen molar-refractivity contribution in [2.75, 3.05) is 0 Å². The van der Waals surface area contributed by atoms with Crippen molar-refractivity contribution in [1.82, 2.24) is 0 Å². The second-order valence-electron chi connectivity index (χ2n) is 5.51. The first-order valence-electron chi connectivity index (χ1n) is 7.87. The van der Waals surface area contributed by atoms with Crippen molar-refractivity contribution < 1.29 is 0 Å². The molecule has 4 heteroatoms. The number of fused-ring (bicyclic) bond motifs is 4. The van der Waals surface area contributed by atoms with Crippen molar-refractivity contribution in [2.45, 2.75) is 12.7 Å². The van der Waals surface area contributed by atoms with Crippen LogP contribution in [-0.4, -0.2) is 7.85 Å². The highest BCUT2D eigenvalue weighted by atomic mass is 32.1. The summed E-state index contributed by atoms with van der Waals surface area (Å²) in [4.78, 5) is 0. The summed E-state index contributed by atoms with van der Waals surface area (Å²) in [5.74, 6) is 0. The second kappa shape index (κ2) is 7.10. The molecule has 0 saturated carbocycles. The molecule has 0 aliphatic rings. The second-order valence-corrected chi connectivity index (χ2v) is 8.42. The van der Waals surface area contributed by atoms with E-state index in [1.165, 1.54) is 35.1 Å². The van der Waals surface area contributed by atoms with E-state index in [-0.39, 0.29) is 0 Å². The molecular formula is C20H15BS3. The van der Waals surface area contributed by atoms with Crippen LogP contribution < -0.4 is 0 Å². The van der Waals surface area contributed by atoms with Crippen LogP contribution in [0.3, 0.4) is 0 Å². The van der Waals surface area contributed by atoms with E-state index in [9.17, 15) is 0 Å². The van der Waals surface area contributed by atoms with E-state index >= 15 is 0 Å². The van der Waals surface area contributed by atoms with E-state index in [1.807, 2.05) is 34.0 Å². The number of rotatable bonds is 2. The summed E-state index contributed by atoms with van der Waals surface area (Å²) < 4.78 is 5.83. The summed E-state index contributed by atoms with van der Waals surface area (Å²) >= 11 is 5.59. The Kier molecular flexibility index (Phi) is 4.70. The lowest BCUT2D eigenvalue weighted by Crippen LogP contribution is -1.85. The lowest BCUT2D eigenvalue weighted by atomic mass is 9.94. The standard InChI is InChI=1S/C12H11B.C8H4S3/c13-9-8-11-6-3-5-10-4-1-2-7-12(10)11;1-3-9-7-5(1)11-6-2-4-10-8(6)7/h1-7H,8-9H2;1-4H. The van der Waals surface area contributed by atoms with Gasteiger partial charge in [-0.1, -0.05) is 48.8 Å². The van der Waals surface area contributed by atoms with E-state index in [1.54, 1.807) is 0 Å². The third-order valence-corrected chi connectivity index (χ3v) is 7.35. The molecular weight excluding hydrogens is 347 g/mol. The Hall–Kier alpha value is -1.62. The predicted octanol–water partition coefficient (Wildman–Crippen LogP) is 7.15. The number of hydrogen-bond acceptors (Lipinski definition) is 3. The lowest BCUT2D eigenvalue weighted by Gasteiger charge is -2.04. The molecule has 2 aromatic carbocycles. The number of aryl methyl sites for hydroxylation is 1. The fourth-order valence-electron chi connectivity index (χ4n) is 2.87. The van der Waals surface area contributed by atoms with Gasteiger partial charge < -0.3 is 0 Å². The summed E-state index contributed by atoms with van der Waals surface area (Å²) in [6, 6.07) is 19.2. The van der Waals surface area contributed by atoms with Crippen LogP contribution in [-0.2, 0) is 6.42 Å². The Labute approximate surface area is 154 Å². The lowest BCUT2D eigenvalue weighted by molar-refractivity contribution is 1.15. The summed E-state index contributed by atoms with van der Waals surface area (Å²) in [5.41, 5.74) is 1.35. The predicted molar refractivity (Wildman–Crippen MR) is 113 cm³/mol. The van der Waals surface area contributed by atoms with Crippen LogP contribution in [0.2, 0.25) is 6.32 Å². The third-order valence-electron chi connectivity index (χ3n) is 3.98. The largest absolute Gasteiger partial charge is 0.141 e. The van der Waals surface area contributed by atoms with Crippen molar-refractivity contribution in [3.05, 3.63) is 70.9 Å². The smallest absolute Gasteiger partial charge is 0.0657 e. The molecule has 2 radical (unpaired) electrons. The zero-order valence-corrected chi connectivity index (χ0v) is 15.5. The number of benzene rings is 2. The molecule has 0 spiro atoms. The molecule has 0 unspecified atom stereocenters. The van der Waals surface area contributed by atoms with Gasteiger partial charge in [-0.15, -0.1) is 34.0 Å². The molecule has 0 saturated heterocycles. The molecule has 24 heavy (non-hydrogen) atoms. The van der Waals surface area contributed by atoms with Crippen molar-refractivity contribution in [1.29, 1.82) is 0 Å². The van der Waals surface area contributed by atoms with Gasteiger partial charge in [0.25, 0.3) is 0 Å². The number of thiophene rings is 3. The van der Waals surface area contributed by atoms with Gasteiger partial charge in [-0.25, -0.2) is 0 Å². The maximum atomic E-state index is 5.55. The van der Waals surface area contributed by atoms with Gasteiger partial charge >= 0.3 is 0 Å². The van der Waals surface area contributed by atoms with Gasteiger partial charge in [0.05, 0.1) is 17.2 Å². The molecule has 0 atom stereocenters. The first kappa shape index (κ1) is 15.9. The third kappa shape index (κ3) is 3.02. The van der Waals surface area contributed by atoms with Crippen molar-refractivity contribution >= 4 is 71.4 Å². The zero-order valence-electron chi connectivity index (χ0n) is 13.1. The fraction of sp³-hybridized carbons (Fsp3) is 0.100. The monoisotopic (exact) mass is 362 g/mol. The molecule has 5 rings (SSSR count). The zero-order chi connectivity index (χ0) is 16.4. The van der Waals surface area contributed by atoms with Gasteiger partial charge in [0.2, 0.25) is 0 Å². The van der Waals surface area contributed by atoms with Gasteiger partial charge in [-0.05, 0) is 45.6 Å². The van der Waals surface area contributed by atoms with E-state index in [4.69, 9.17) is 7.85 Å². The van der Waals surface area contributed by atoms with Crippen molar-refractivity contribution in [3.63, 3.8) is 0 Å². The van der Waals surface area contributed by atoms with Gasteiger partial charge in [0.1, 0.15) is 0 Å². The minimum Gasteiger partial charge on any atom is -0.141 e. The molecule has 5 aromatic rings. The molecule has 0 nitrogen and oxygen atoms in total. The molecule has 0 bridgehead atoms. The highest BCUT2D eigenvalue weighted by molar-refractivity contribution is 7.37. The summed E-state index contributed by atoms with van der Waals surface area (Å²) in [7, 11) is 5.55. The molecule has 0 aliphatic heterocycles. The molecule has 0 fully saturated rings. The Balaban J connectivity index is 0.000000123. The minimum atomic E-state index is 0.716. The number of hydrogen-bond donors (Lipinski definition) is 0. The van der Waals surface area contributed by atoms with Crippen LogP contribution in [0.15, 0.2) is 65.4 Å². The summed E-state index contributed by atoms with van der Waals surface area (Å²) in [6.07, 6.45) is 1.68. The van der Waals surface area contributed by atoms with Gasteiger partial charge in [-0.2, -0.15) is 0 Å². The first-order valence-corrected chi connectivity index (χ1v) is 10.4. The molecule has 3 aromatic heterocycles. The quantitative estimate of drug-likeness (QED) is 0.293. The van der Waals surface area contributed by atoms with Crippen molar-refractivity contribution in [3.8, 4) is 0 Å². The molecule has 0 aliphatic carbocycles. The maximum absolute atomic E-state index is 5.55. The fourth-order valence-corrected chi connectivity index (χ4v) is 6.38. The van der Waals surface area contributed by atoms with Gasteiger partial charge in [-0.3, -0.25) is 0 Å². The van der Waals surface area contributed by atoms with Crippen LogP contribution in [0.5, 0.6) is 0 Å². The van der Waals surface area contributed by atoms with E-state index in [0.29, 0.717) is 6.32 Å². The highest BCUT2D eigenvalue weighted by Gasteiger charge is 2.05. The SMILES string of the molecule is [B]CCc1cccc2ccccc12.c1cc2sc3ccsc3c2s1. The van der Waals surface area contributed by atoms with E-state index in [2.05, 4.69) is 65.4 Å². The highest BCUT2D eigenvalue weighted by Crippen LogP contribution is 2.40. The van der Waals surface area contributed by atoms with Crippen LogP contribution in [0, 0.1) is 0 Å². The molecule has 0 N–H and O–H groups in total. The van der Waals surface area contributed by atoms with Crippen molar-refractivity contribution in [2.24, 2.45) is 0 Å². The Morgan fingerprint density at radius 2 is 1.42 bits per heavy atom. The van der Waals surface area contributed by atoms with Crippen LogP contribution in [0.1, 0.15) is 5.56 Å². The maximum Gasteiger partial charge on any atom is 0.0657 e. The van der Waals surface area contributed by atoms with Crippen LogP contribution >= 0.6 is 34.0 Å². The van der Waals surface area contributed by atoms with Gasteiger partial charge in [0, 0.05) is 9.40 Å². The topological polar surface area (TPSA) is 0 Å². The average Bonchev–Trinajstić information content (AvgIpc) is 3.30. The first-order chi connectivity index (χ1) is 11.9. The molecule has 0 amide bonds.